The Morgan fingerprint density at radius 3 is 3.17 bits per heavy atom. The van der Waals surface area contributed by atoms with Gasteiger partial charge in [0.1, 0.15) is 0 Å². The highest BCUT2D eigenvalue weighted by molar-refractivity contribution is 4.98. The van der Waals surface area contributed by atoms with Crippen molar-refractivity contribution in [2.75, 3.05) is 13.2 Å². The first-order valence-electron chi connectivity index (χ1n) is 5.00. The van der Waals surface area contributed by atoms with E-state index in [1.807, 2.05) is 0 Å². The summed E-state index contributed by atoms with van der Waals surface area (Å²) >= 11 is 0. The Bertz CT molecular complexity index is 167. The van der Waals surface area contributed by atoms with E-state index < -0.39 is 0 Å². The van der Waals surface area contributed by atoms with Crippen LogP contribution in [0.5, 0.6) is 0 Å². The SMILES string of the molecule is C[C@]12CCC[C@H]1OC[C@H]2CCO. The van der Waals surface area contributed by atoms with Crippen LogP contribution in [0, 0.1) is 11.3 Å². The minimum absolute atomic E-state index is 0.316. The van der Waals surface area contributed by atoms with E-state index in [0.717, 1.165) is 13.0 Å². The van der Waals surface area contributed by atoms with Crippen molar-refractivity contribution < 1.29 is 9.84 Å². The van der Waals surface area contributed by atoms with E-state index in [9.17, 15) is 0 Å². The molecule has 2 rings (SSSR count). The summed E-state index contributed by atoms with van der Waals surface area (Å²) in [5.74, 6) is 0.606. The highest BCUT2D eigenvalue weighted by Gasteiger charge is 2.49. The number of hydrogen-bond acceptors (Lipinski definition) is 2. The van der Waals surface area contributed by atoms with E-state index in [4.69, 9.17) is 9.84 Å². The van der Waals surface area contributed by atoms with Gasteiger partial charge in [0.15, 0.2) is 0 Å². The second-order valence-corrected chi connectivity index (χ2v) is 4.43. The van der Waals surface area contributed by atoms with Crippen LogP contribution in [0.15, 0.2) is 0 Å². The highest BCUT2D eigenvalue weighted by atomic mass is 16.5. The third-order valence-corrected chi connectivity index (χ3v) is 3.83. The first-order valence-corrected chi connectivity index (χ1v) is 5.00. The standard InChI is InChI=1S/C10H18O2/c1-10-5-2-3-9(10)12-7-8(10)4-6-11/h8-9,11H,2-7H2,1H3/t8-,9-,10-/m1/s1. The van der Waals surface area contributed by atoms with Gasteiger partial charge in [0.05, 0.1) is 12.7 Å². The maximum absolute atomic E-state index is 8.91. The van der Waals surface area contributed by atoms with Gasteiger partial charge in [0.25, 0.3) is 0 Å². The molecule has 2 fully saturated rings. The number of rotatable bonds is 2. The van der Waals surface area contributed by atoms with Crippen LogP contribution in [-0.4, -0.2) is 24.4 Å². The van der Waals surface area contributed by atoms with E-state index in [0.29, 0.717) is 24.0 Å². The lowest BCUT2D eigenvalue weighted by molar-refractivity contribution is 0.0768. The van der Waals surface area contributed by atoms with Gasteiger partial charge in [-0.2, -0.15) is 0 Å². The fourth-order valence-corrected chi connectivity index (χ4v) is 2.89. The Balaban J connectivity index is 2.07. The van der Waals surface area contributed by atoms with Gasteiger partial charge >= 0.3 is 0 Å². The lowest BCUT2D eigenvalue weighted by Gasteiger charge is -2.28. The molecule has 70 valence electrons. The van der Waals surface area contributed by atoms with Gasteiger partial charge in [0.2, 0.25) is 0 Å². The van der Waals surface area contributed by atoms with Gasteiger partial charge in [0, 0.05) is 6.61 Å². The van der Waals surface area contributed by atoms with E-state index >= 15 is 0 Å². The first-order chi connectivity index (χ1) is 5.77. The van der Waals surface area contributed by atoms with E-state index in [-0.39, 0.29) is 0 Å². The van der Waals surface area contributed by atoms with Gasteiger partial charge in [-0.1, -0.05) is 13.3 Å². The van der Waals surface area contributed by atoms with Crippen molar-refractivity contribution in [3.8, 4) is 0 Å². The average molecular weight is 170 g/mol. The van der Waals surface area contributed by atoms with Crippen LogP contribution in [0.4, 0.5) is 0 Å². The van der Waals surface area contributed by atoms with Crippen molar-refractivity contribution in [2.24, 2.45) is 11.3 Å². The van der Waals surface area contributed by atoms with Crippen molar-refractivity contribution in [2.45, 2.75) is 38.7 Å². The lowest BCUT2D eigenvalue weighted by Crippen LogP contribution is -2.28. The summed E-state index contributed by atoms with van der Waals surface area (Å²) in [6.45, 7) is 3.52. The Labute approximate surface area is 73.9 Å². The molecule has 1 N–H and O–H groups in total. The summed E-state index contributed by atoms with van der Waals surface area (Å²) in [7, 11) is 0. The molecule has 0 aromatic rings. The lowest BCUT2D eigenvalue weighted by atomic mass is 9.75. The third kappa shape index (κ3) is 1.09. The fraction of sp³-hybridized carbons (Fsp3) is 1.00. The van der Waals surface area contributed by atoms with Crippen LogP contribution in [0.25, 0.3) is 0 Å². The molecule has 1 saturated heterocycles. The van der Waals surface area contributed by atoms with Crippen LogP contribution in [0.3, 0.4) is 0 Å². The van der Waals surface area contributed by atoms with Crippen LogP contribution in [0.1, 0.15) is 32.6 Å². The monoisotopic (exact) mass is 170 g/mol. The summed E-state index contributed by atoms with van der Waals surface area (Å²) < 4.78 is 5.73. The van der Waals surface area contributed by atoms with Crippen LogP contribution >= 0.6 is 0 Å². The van der Waals surface area contributed by atoms with Gasteiger partial charge in [-0.25, -0.2) is 0 Å². The predicted molar refractivity (Wildman–Crippen MR) is 46.9 cm³/mol. The molecular weight excluding hydrogens is 152 g/mol. The Hall–Kier alpha value is -0.0800. The molecule has 1 saturated carbocycles. The summed E-state index contributed by atoms with van der Waals surface area (Å²) in [6.07, 6.45) is 5.26. The zero-order valence-electron chi connectivity index (χ0n) is 7.75. The molecule has 0 spiro atoms. The van der Waals surface area contributed by atoms with Gasteiger partial charge in [-0.15, -0.1) is 0 Å². The van der Waals surface area contributed by atoms with Gasteiger partial charge < -0.3 is 9.84 Å². The molecule has 12 heavy (non-hydrogen) atoms. The molecule has 0 amide bonds. The van der Waals surface area contributed by atoms with Gasteiger partial charge in [-0.05, 0) is 30.6 Å². The molecule has 0 unspecified atom stereocenters. The molecule has 0 bridgehead atoms. The van der Waals surface area contributed by atoms with Crippen molar-refractivity contribution in [3.05, 3.63) is 0 Å². The van der Waals surface area contributed by atoms with Crippen molar-refractivity contribution in [1.29, 1.82) is 0 Å². The van der Waals surface area contributed by atoms with Crippen LogP contribution < -0.4 is 0 Å². The normalized spacial score (nSPS) is 46.5. The Kier molecular flexibility index (Phi) is 2.13. The maximum Gasteiger partial charge on any atom is 0.0632 e. The molecule has 1 aliphatic carbocycles. The molecule has 1 aliphatic heterocycles. The van der Waals surface area contributed by atoms with E-state index in [1.165, 1.54) is 19.3 Å². The smallest absolute Gasteiger partial charge is 0.0632 e. The number of fused-ring (bicyclic) bond motifs is 1. The van der Waals surface area contributed by atoms with Crippen LogP contribution in [0.2, 0.25) is 0 Å². The molecule has 0 aromatic heterocycles. The topological polar surface area (TPSA) is 29.5 Å². The van der Waals surface area contributed by atoms with Crippen molar-refractivity contribution >= 4 is 0 Å². The quantitative estimate of drug-likeness (QED) is 0.681. The molecular formula is C10H18O2. The van der Waals surface area contributed by atoms with Crippen molar-refractivity contribution in [3.63, 3.8) is 0 Å². The second kappa shape index (κ2) is 3.00. The highest BCUT2D eigenvalue weighted by Crippen LogP contribution is 2.51. The minimum Gasteiger partial charge on any atom is -0.396 e. The number of aliphatic hydroxyl groups is 1. The predicted octanol–water partition coefficient (Wildman–Crippen LogP) is 1.57. The summed E-state index contributed by atoms with van der Waals surface area (Å²) in [5, 5.41) is 8.91. The van der Waals surface area contributed by atoms with Crippen molar-refractivity contribution in [1.82, 2.24) is 0 Å². The average Bonchev–Trinajstić information content (AvgIpc) is 2.51. The summed E-state index contributed by atoms with van der Waals surface area (Å²) in [4.78, 5) is 0. The molecule has 2 heteroatoms. The largest absolute Gasteiger partial charge is 0.396 e. The molecule has 0 radical (unpaired) electrons. The third-order valence-electron chi connectivity index (χ3n) is 3.83. The number of hydrogen-bond donors (Lipinski definition) is 1. The minimum atomic E-state index is 0.316. The Morgan fingerprint density at radius 2 is 2.42 bits per heavy atom. The molecule has 3 atom stereocenters. The van der Waals surface area contributed by atoms with E-state index in [2.05, 4.69) is 6.92 Å². The van der Waals surface area contributed by atoms with E-state index in [1.54, 1.807) is 0 Å². The number of aliphatic hydroxyl groups excluding tert-OH is 1. The van der Waals surface area contributed by atoms with Crippen LogP contribution in [-0.2, 0) is 4.74 Å². The second-order valence-electron chi connectivity index (χ2n) is 4.43. The molecule has 2 aliphatic rings. The molecule has 1 heterocycles. The molecule has 2 nitrogen and oxygen atoms in total. The zero-order valence-corrected chi connectivity index (χ0v) is 7.75. The van der Waals surface area contributed by atoms with Gasteiger partial charge in [-0.3, -0.25) is 0 Å². The fourth-order valence-electron chi connectivity index (χ4n) is 2.89. The number of ether oxygens (including phenoxy) is 1. The summed E-state index contributed by atoms with van der Waals surface area (Å²) in [6, 6.07) is 0. The first kappa shape index (κ1) is 8.52. The summed E-state index contributed by atoms with van der Waals surface area (Å²) in [5.41, 5.74) is 0.392. The molecule has 0 aromatic carbocycles. The Morgan fingerprint density at radius 1 is 1.58 bits per heavy atom. The zero-order chi connectivity index (χ0) is 8.60. The maximum atomic E-state index is 8.91.